The first-order valence-corrected chi connectivity index (χ1v) is 14.1. The summed E-state index contributed by atoms with van der Waals surface area (Å²) in [6.07, 6.45) is 12.7. The number of carbonyl (C=O) groups is 1. The molecule has 2 heterocycles. The van der Waals surface area contributed by atoms with Crippen molar-refractivity contribution in [3.63, 3.8) is 0 Å². The summed E-state index contributed by atoms with van der Waals surface area (Å²) < 4.78 is 24.3. The summed E-state index contributed by atoms with van der Waals surface area (Å²) in [6, 6.07) is 3.60. The predicted octanol–water partition coefficient (Wildman–Crippen LogP) is 6.43. The van der Waals surface area contributed by atoms with Crippen LogP contribution in [0.15, 0.2) is 18.3 Å². The van der Waals surface area contributed by atoms with Gasteiger partial charge in [-0.25, -0.2) is 9.78 Å². The molecule has 0 bridgehead atoms. The molecule has 36 heavy (non-hydrogen) atoms. The molecule has 1 unspecified atom stereocenters. The number of methoxy groups -OCH3 is 1. The van der Waals surface area contributed by atoms with Crippen molar-refractivity contribution in [2.45, 2.75) is 97.9 Å². The first-order chi connectivity index (χ1) is 17.2. The fourth-order valence-electron chi connectivity index (χ4n) is 8.70. The van der Waals surface area contributed by atoms with Crippen LogP contribution in [0.3, 0.4) is 0 Å². The highest BCUT2D eigenvalue weighted by Gasteiger charge is 2.62. The summed E-state index contributed by atoms with van der Waals surface area (Å²) in [4.78, 5) is 16.3. The zero-order valence-electron chi connectivity index (χ0n) is 22.9. The fraction of sp³-hybridized carbons (Fsp3) is 0.800. The number of esters is 1. The first kappa shape index (κ1) is 26.0. The highest BCUT2D eigenvalue weighted by Crippen LogP contribution is 2.66. The molecule has 4 aliphatic rings. The van der Waals surface area contributed by atoms with Crippen molar-refractivity contribution in [2.24, 2.45) is 34.0 Å². The molecule has 1 aliphatic heterocycles. The zero-order valence-corrected chi connectivity index (χ0v) is 22.9. The van der Waals surface area contributed by atoms with Crippen LogP contribution in [0.4, 0.5) is 0 Å². The minimum Gasteiger partial charge on any atom is -0.491 e. The van der Waals surface area contributed by atoms with Gasteiger partial charge in [0.25, 0.3) is 0 Å². The lowest BCUT2D eigenvalue weighted by Crippen LogP contribution is -2.63. The zero-order chi connectivity index (χ0) is 25.6. The number of carbonyl (C=O) groups excluding carboxylic acids is 1. The van der Waals surface area contributed by atoms with E-state index >= 15 is 0 Å². The molecule has 5 rings (SSSR count). The number of aromatic nitrogens is 1. The minimum absolute atomic E-state index is 0.00245. The van der Waals surface area contributed by atoms with Gasteiger partial charge in [-0.05, 0) is 79.7 Å². The van der Waals surface area contributed by atoms with E-state index in [9.17, 15) is 4.79 Å². The van der Waals surface area contributed by atoms with Crippen molar-refractivity contribution in [1.82, 2.24) is 4.98 Å². The van der Waals surface area contributed by atoms with Crippen LogP contribution >= 0.6 is 0 Å². The molecule has 4 fully saturated rings. The summed E-state index contributed by atoms with van der Waals surface area (Å²) in [5.41, 5.74) is 0.719. The molecule has 200 valence electrons. The summed E-state index contributed by atoms with van der Waals surface area (Å²) >= 11 is 0. The van der Waals surface area contributed by atoms with Crippen molar-refractivity contribution < 1.29 is 23.7 Å². The predicted molar refractivity (Wildman–Crippen MR) is 138 cm³/mol. The number of ether oxygens (including phenoxy) is 4. The normalized spacial score (nSPS) is 38.1. The van der Waals surface area contributed by atoms with Gasteiger partial charge in [0, 0.05) is 17.5 Å². The Kier molecular flexibility index (Phi) is 7.14. The van der Waals surface area contributed by atoms with E-state index in [1.807, 2.05) is 0 Å². The molecule has 1 aromatic rings. The topological polar surface area (TPSA) is 66.9 Å². The lowest BCUT2D eigenvalue weighted by atomic mass is 9.42. The Balaban J connectivity index is 1.31. The molecule has 6 heteroatoms. The summed E-state index contributed by atoms with van der Waals surface area (Å²) in [7, 11) is 1.37. The average Bonchev–Trinajstić information content (AvgIpc) is 3.40. The summed E-state index contributed by atoms with van der Waals surface area (Å²) in [5, 5.41) is 0. The Hall–Kier alpha value is -1.66. The van der Waals surface area contributed by atoms with Gasteiger partial charge in [0.05, 0.1) is 26.4 Å². The molecule has 0 amide bonds. The third-order valence-corrected chi connectivity index (χ3v) is 10.5. The molecule has 0 aromatic carbocycles. The van der Waals surface area contributed by atoms with Gasteiger partial charge in [-0.15, -0.1) is 0 Å². The Morgan fingerprint density at radius 3 is 2.61 bits per heavy atom. The SMILES string of the molecule is COC(=O)c1ncccc1OCC[C@@H]1C(C)(C)CCC2[C@]3(C)CO[C@@H](C4CCCC4)O[C@@H]3CC[C@]21C. The molecular weight excluding hydrogens is 454 g/mol. The lowest BCUT2D eigenvalue weighted by Gasteiger charge is -2.65. The number of nitrogens with zero attached hydrogens (tertiary/aromatic N) is 1. The van der Waals surface area contributed by atoms with Gasteiger partial charge in [-0.2, -0.15) is 0 Å². The second kappa shape index (κ2) is 9.90. The van der Waals surface area contributed by atoms with Crippen molar-refractivity contribution >= 4 is 5.97 Å². The van der Waals surface area contributed by atoms with Gasteiger partial charge >= 0.3 is 5.97 Å². The molecule has 0 spiro atoms. The number of rotatable bonds is 6. The Morgan fingerprint density at radius 2 is 1.86 bits per heavy atom. The van der Waals surface area contributed by atoms with Gasteiger partial charge in [0.2, 0.25) is 0 Å². The molecule has 0 radical (unpaired) electrons. The van der Waals surface area contributed by atoms with Crippen molar-refractivity contribution in [2.75, 3.05) is 20.3 Å². The Labute approximate surface area is 216 Å². The van der Waals surface area contributed by atoms with Crippen LogP contribution in [-0.4, -0.2) is 43.7 Å². The van der Waals surface area contributed by atoms with Gasteiger partial charge < -0.3 is 18.9 Å². The number of hydrogen-bond donors (Lipinski definition) is 0. The van der Waals surface area contributed by atoms with E-state index in [0.29, 0.717) is 36.2 Å². The maximum absolute atomic E-state index is 12.1. The third-order valence-electron chi connectivity index (χ3n) is 10.5. The minimum atomic E-state index is -0.463. The maximum atomic E-state index is 12.1. The third kappa shape index (κ3) is 4.47. The van der Waals surface area contributed by atoms with E-state index < -0.39 is 5.97 Å². The first-order valence-electron chi connectivity index (χ1n) is 14.1. The van der Waals surface area contributed by atoms with Crippen LogP contribution in [0.2, 0.25) is 0 Å². The quantitative estimate of drug-likeness (QED) is 0.420. The highest BCUT2D eigenvalue weighted by atomic mass is 16.7. The maximum Gasteiger partial charge on any atom is 0.360 e. The Morgan fingerprint density at radius 1 is 1.08 bits per heavy atom. The summed E-state index contributed by atoms with van der Waals surface area (Å²) in [5.74, 6) is 1.69. The number of hydrogen-bond acceptors (Lipinski definition) is 6. The Bertz CT molecular complexity index is 943. The molecular formula is C30H45NO5. The molecule has 6 nitrogen and oxygen atoms in total. The van der Waals surface area contributed by atoms with Gasteiger partial charge in [-0.1, -0.05) is 40.5 Å². The lowest BCUT2D eigenvalue weighted by molar-refractivity contribution is -0.322. The molecule has 3 saturated carbocycles. The highest BCUT2D eigenvalue weighted by molar-refractivity contribution is 5.90. The van der Waals surface area contributed by atoms with E-state index in [-0.39, 0.29) is 28.2 Å². The molecule has 0 N–H and O–H groups in total. The van der Waals surface area contributed by atoms with Crippen LogP contribution in [0.5, 0.6) is 5.75 Å². The van der Waals surface area contributed by atoms with Gasteiger partial charge in [0.1, 0.15) is 0 Å². The van der Waals surface area contributed by atoms with E-state index in [1.54, 1.807) is 18.3 Å². The van der Waals surface area contributed by atoms with Crippen molar-refractivity contribution in [3.8, 4) is 5.75 Å². The van der Waals surface area contributed by atoms with Crippen LogP contribution in [-0.2, 0) is 14.2 Å². The van der Waals surface area contributed by atoms with E-state index in [0.717, 1.165) is 19.4 Å². The largest absolute Gasteiger partial charge is 0.491 e. The second-order valence-corrected chi connectivity index (χ2v) is 13.0. The van der Waals surface area contributed by atoms with Crippen LogP contribution < -0.4 is 4.74 Å². The molecule has 1 saturated heterocycles. The van der Waals surface area contributed by atoms with Gasteiger partial charge in [0.15, 0.2) is 17.7 Å². The van der Waals surface area contributed by atoms with Crippen molar-refractivity contribution in [3.05, 3.63) is 24.0 Å². The smallest absolute Gasteiger partial charge is 0.360 e. The van der Waals surface area contributed by atoms with Gasteiger partial charge in [-0.3, -0.25) is 0 Å². The van der Waals surface area contributed by atoms with Crippen LogP contribution in [0, 0.1) is 34.0 Å². The standard InChI is InChI=1S/C30H45NO5/c1-28(2)15-12-23-29(3,22(28)14-18-34-21-11-8-17-31-25(21)26(32)33-5)16-13-24-30(23,4)19-35-27(36-24)20-9-6-7-10-20/h8,11,17,20,22-24,27H,6-7,9-10,12-16,18-19H2,1-5H3/t22-,23?,24-,27-,29+,30+/m1/s1. The molecule has 3 aliphatic carbocycles. The monoisotopic (exact) mass is 499 g/mol. The van der Waals surface area contributed by atoms with Crippen LogP contribution in [0.1, 0.15) is 96.0 Å². The van der Waals surface area contributed by atoms with E-state index in [1.165, 1.54) is 52.1 Å². The summed E-state index contributed by atoms with van der Waals surface area (Å²) in [6.45, 7) is 11.2. The average molecular weight is 500 g/mol. The number of pyridine rings is 1. The molecule has 1 aromatic heterocycles. The van der Waals surface area contributed by atoms with E-state index in [2.05, 4.69) is 32.7 Å². The molecule has 6 atom stereocenters. The fourth-order valence-corrected chi connectivity index (χ4v) is 8.70. The second-order valence-electron chi connectivity index (χ2n) is 13.0. The van der Waals surface area contributed by atoms with Crippen LogP contribution in [0.25, 0.3) is 0 Å². The van der Waals surface area contributed by atoms with E-state index in [4.69, 9.17) is 18.9 Å². The number of fused-ring (bicyclic) bond motifs is 3. The van der Waals surface area contributed by atoms with Crippen molar-refractivity contribution in [1.29, 1.82) is 0 Å².